The fourth-order valence-corrected chi connectivity index (χ4v) is 8.64. The summed E-state index contributed by atoms with van der Waals surface area (Å²) in [4.78, 5) is 10.2. The molecule has 45 heavy (non-hydrogen) atoms. The van der Waals surface area contributed by atoms with Crippen LogP contribution in [0, 0.1) is 11.3 Å². The highest BCUT2D eigenvalue weighted by Crippen LogP contribution is 2.35. The second-order valence-corrected chi connectivity index (χ2v) is 15.9. The van der Waals surface area contributed by atoms with Gasteiger partial charge in [0.25, 0.3) is 9.04 Å². The van der Waals surface area contributed by atoms with Crippen LogP contribution in [0.25, 0.3) is 21.3 Å². The lowest BCUT2D eigenvalue weighted by Gasteiger charge is -2.35. The minimum atomic E-state index is -1.38. The van der Waals surface area contributed by atoms with Gasteiger partial charge in [-0.1, -0.05) is 100 Å². The molecule has 0 bridgehead atoms. The van der Waals surface area contributed by atoms with Crippen molar-refractivity contribution in [3.8, 4) is 17.0 Å². The van der Waals surface area contributed by atoms with E-state index in [0.29, 0.717) is 13.2 Å². The minimum absolute atomic E-state index is 0.0143. The Morgan fingerprint density at radius 3 is 2.16 bits per heavy atom. The van der Waals surface area contributed by atoms with Crippen LogP contribution in [0.15, 0.2) is 102 Å². The number of rotatable bonds is 11. The van der Waals surface area contributed by atoms with Crippen molar-refractivity contribution in [1.29, 1.82) is 0 Å². The number of thiophene rings is 1. The fourth-order valence-electron chi connectivity index (χ4n) is 5.80. The molecule has 1 unspecified atom stereocenters. The van der Waals surface area contributed by atoms with Gasteiger partial charge < -0.3 is 19.0 Å². The van der Waals surface area contributed by atoms with E-state index in [1.807, 2.05) is 0 Å². The van der Waals surface area contributed by atoms with Crippen LogP contribution in [0.5, 0.6) is 5.75 Å². The van der Waals surface area contributed by atoms with Gasteiger partial charge in [0.2, 0.25) is 0 Å². The molecule has 1 radical (unpaired) electrons. The van der Waals surface area contributed by atoms with Crippen LogP contribution < -0.4 is 20.0 Å². The van der Waals surface area contributed by atoms with Crippen molar-refractivity contribution in [3.05, 3.63) is 102 Å². The van der Waals surface area contributed by atoms with Crippen LogP contribution >= 0.6 is 11.3 Å². The molecule has 233 valence electrons. The number of ether oxygens (including phenoxy) is 1. The second kappa shape index (κ2) is 14.3. The van der Waals surface area contributed by atoms with Gasteiger partial charge in [-0.3, -0.25) is 0 Å². The molecule has 5 aromatic rings. The first-order valence-corrected chi connectivity index (χ1v) is 18.4. The second-order valence-electron chi connectivity index (χ2n) is 12.9. The number of likely N-dealkylation sites (N-methyl/N-ethyl adjacent to an activating group) is 1. The zero-order chi connectivity index (χ0) is 31.2. The van der Waals surface area contributed by atoms with Gasteiger partial charge in [0.1, 0.15) is 11.6 Å². The number of hydrogen-bond donors (Lipinski definition) is 0. The first kappa shape index (κ1) is 31.5. The molecule has 1 saturated heterocycles. The summed E-state index contributed by atoms with van der Waals surface area (Å²) in [6, 6.07) is 34.2. The van der Waals surface area contributed by atoms with E-state index < -0.39 is 9.04 Å². The highest BCUT2D eigenvalue weighted by atomic mass is 32.1. The molecule has 1 fully saturated rings. The lowest BCUT2D eigenvalue weighted by Crippen LogP contribution is -2.47. The highest BCUT2D eigenvalue weighted by Gasteiger charge is 2.29. The van der Waals surface area contributed by atoms with Gasteiger partial charge in [-0.2, -0.15) is 0 Å². The van der Waals surface area contributed by atoms with E-state index >= 15 is 0 Å². The molecular formula is C38H44N3O2SSi. The summed E-state index contributed by atoms with van der Waals surface area (Å²) in [5, 5.41) is 5.95. The van der Waals surface area contributed by atoms with Gasteiger partial charge in [0, 0.05) is 54.4 Å². The summed E-state index contributed by atoms with van der Waals surface area (Å²) < 4.78 is 14.6. The third-order valence-electron chi connectivity index (χ3n) is 8.86. The lowest BCUT2D eigenvalue weighted by molar-refractivity contribution is 0.0934. The smallest absolute Gasteiger partial charge is 0.282 e. The van der Waals surface area contributed by atoms with E-state index in [2.05, 4.69) is 140 Å². The molecule has 1 aliphatic heterocycles. The Morgan fingerprint density at radius 2 is 1.51 bits per heavy atom. The Kier molecular flexibility index (Phi) is 10.0. The van der Waals surface area contributed by atoms with E-state index in [0.717, 1.165) is 55.5 Å². The molecule has 0 spiro atoms. The Balaban J connectivity index is 1.18. The predicted molar refractivity (Wildman–Crippen MR) is 192 cm³/mol. The van der Waals surface area contributed by atoms with Crippen LogP contribution in [-0.2, 0) is 4.43 Å². The lowest BCUT2D eigenvalue weighted by atomic mass is 9.82. The first-order chi connectivity index (χ1) is 21.9. The molecule has 7 heteroatoms. The number of piperazine rings is 1. The number of nitrogens with zero attached hydrogens (tertiary/aromatic N) is 3. The summed E-state index contributed by atoms with van der Waals surface area (Å²) >= 11 is 1.79. The maximum absolute atomic E-state index is 6.81. The summed E-state index contributed by atoms with van der Waals surface area (Å²) in [6.07, 6.45) is 0. The number of anilines is 1. The van der Waals surface area contributed by atoms with Crippen LogP contribution in [0.1, 0.15) is 27.7 Å². The van der Waals surface area contributed by atoms with Gasteiger partial charge in [0.15, 0.2) is 0 Å². The SMILES string of the molecule is CCN1CCN(c2nc(-c3cccc(OCC(CO[Si](c4ccccc4)c4ccccc4)C(C)(C)C)c3)cc3sccc23)CC1. The number of hydrogen-bond acceptors (Lipinski definition) is 6. The van der Waals surface area contributed by atoms with Gasteiger partial charge >= 0.3 is 0 Å². The van der Waals surface area contributed by atoms with Crippen LogP contribution in [0.2, 0.25) is 0 Å². The van der Waals surface area contributed by atoms with E-state index in [1.54, 1.807) is 11.3 Å². The first-order valence-electron chi connectivity index (χ1n) is 16.1. The molecule has 6 rings (SSSR count). The van der Waals surface area contributed by atoms with Crippen molar-refractivity contribution in [1.82, 2.24) is 9.88 Å². The maximum Gasteiger partial charge on any atom is 0.282 e. The van der Waals surface area contributed by atoms with Crippen molar-refractivity contribution in [2.75, 3.05) is 50.8 Å². The van der Waals surface area contributed by atoms with E-state index in [9.17, 15) is 0 Å². The Morgan fingerprint density at radius 1 is 0.822 bits per heavy atom. The molecule has 0 aliphatic carbocycles. The van der Waals surface area contributed by atoms with E-state index in [-0.39, 0.29) is 11.3 Å². The van der Waals surface area contributed by atoms with Crippen LogP contribution in [-0.4, -0.2) is 64.9 Å². The largest absolute Gasteiger partial charge is 0.493 e. The average molecular weight is 635 g/mol. The fraction of sp³-hybridized carbons (Fsp3) is 0.342. The van der Waals surface area contributed by atoms with Crippen LogP contribution in [0.3, 0.4) is 0 Å². The normalized spacial score (nSPS) is 15.1. The summed E-state index contributed by atoms with van der Waals surface area (Å²) in [7, 11) is -1.38. The number of fused-ring (bicyclic) bond motifs is 1. The van der Waals surface area contributed by atoms with Gasteiger partial charge in [-0.05, 0) is 52.0 Å². The molecule has 2 aromatic heterocycles. The number of pyridine rings is 1. The molecular weight excluding hydrogens is 591 g/mol. The molecule has 3 aromatic carbocycles. The zero-order valence-electron chi connectivity index (χ0n) is 26.9. The monoisotopic (exact) mass is 634 g/mol. The molecule has 0 saturated carbocycles. The van der Waals surface area contributed by atoms with Gasteiger partial charge in [0.05, 0.1) is 12.3 Å². The van der Waals surface area contributed by atoms with Gasteiger partial charge in [-0.25, -0.2) is 4.98 Å². The Bertz CT molecular complexity index is 1620. The zero-order valence-corrected chi connectivity index (χ0v) is 28.7. The summed E-state index contributed by atoms with van der Waals surface area (Å²) in [5.41, 5.74) is 2.09. The van der Waals surface area contributed by atoms with Crippen molar-refractivity contribution >= 4 is 46.7 Å². The number of aromatic nitrogens is 1. The van der Waals surface area contributed by atoms with Crippen molar-refractivity contribution < 1.29 is 9.16 Å². The standard InChI is InChI=1S/C38H44N3O2SSi/c1-5-40-20-22-41(23-21-40)37-34-19-24-44-36(34)26-35(39-37)29-13-12-14-31(25-29)42-27-30(38(2,3)4)28-43-45(32-15-8-6-9-16-32)33-17-10-7-11-18-33/h6-19,24-26,30H,5,20-23,27-28H2,1-4H3. The Hall–Kier alpha value is -3.49. The molecule has 1 atom stereocenters. The van der Waals surface area contributed by atoms with Crippen LogP contribution in [0.4, 0.5) is 5.82 Å². The van der Waals surface area contributed by atoms with Crippen molar-refractivity contribution in [2.45, 2.75) is 27.7 Å². The molecule has 0 N–H and O–H groups in total. The quantitative estimate of drug-likeness (QED) is 0.147. The molecule has 0 amide bonds. The number of benzene rings is 3. The average Bonchev–Trinajstić information content (AvgIpc) is 3.55. The summed E-state index contributed by atoms with van der Waals surface area (Å²) in [5.74, 6) is 2.18. The predicted octanol–water partition coefficient (Wildman–Crippen LogP) is 6.97. The Labute approximate surface area is 274 Å². The molecule has 1 aliphatic rings. The highest BCUT2D eigenvalue weighted by molar-refractivity contribution is 7.17. The summed E-state index contributed by atoms with van der Waals surface area (Å²) in [6.45, 7) is 15.6. The minimum Gasteiger partial charge on any atom is -0.493 e. The van der Waals surface area contributed by atoms with Crippen molar-refractivity contribution in [2.24, 2.45) is 11.3 Å². The molecule has 3 heterocycles. The van der Waals surface area contributed by atoms with E-state index in [1.165, 1.54) is 20.5 Å². The van der Waals surface area contributed by atoms with E-state index in [4.69, 9.17) is 14.1 Å². The third-order valence-corrected chi connectivity index (χ3v) is 11.9. The molecule has 5 nitrogen and oxygen atoms in total. The van der Waals surface area contributed by atoms with Gasteiger partial charge in [-0.15, -0.1) is 11.3 Å². The van der Waals surface area contributed by atoms with Crippen molar-refractivity contribution in [3.63, 3.8) is 0 Å². The maximum atomic E-state index is 6.81. The topological polar surface area (TPSA) is 37.8 Å². The third kappa shape index (κ3) is 7.67.